The summed E-state index contributed by atoms with van der Waals surface area (Å²) in [7, 11) is 0. The molecule has 0 bridgehead atoms. The molecule has 0 N–H and O–H groups in total. The van der Waals surface area contributed by atoms with Crippen molar-refractivity contribution in [3.63, 3.8) is 0 Å². The molecular formula is C16H14F3NO. The van der Waals surface area contributed by atoms with Gasteiger partial charge in [-0.25, -0.2) is 0 Å². The van der Waals surface area contributed by atoms with Gasteiger partial charge >= 0.3 is 6.18 Å². The van der Waals surface area contributed by atoms with Crippen molar-refractivity contribution < 1.29 is 18.0 Å². The molecule has 110 valence electrons. The molecule has 0 saturated carbocycles. The lowest BCUT2D eigenvalue weighted by Crippen LogP contribution is -2.30. The van der Waals surface area contributed by atoms with Crippen molar-refractivity contribution in [3.8, 4) is 0 Å². The van der Waals surface area contributed by atoms with Gasteiger partial charge in [-0.1, -0.05) is 29.8 Å². The third-order valence-corrected chi connectivity index (χ3v) is 3.26. The molecule has 1 atom stereocenters. The summed E-state index contributed by atoms with van der Waals surface area (Å²) >= 11 is 0. The topological polar surface area (TPSA) is 30.0 Å². The summed E-state index contributed by atoms with van der Waals surface area (Å²) in [6.07, 6.45) is -1.84. The summed E-state index contributed by atoms with van der Waals surface area (Å²) in [5.41, 5.74) is 1.95. The Labute approximate surface area is 120 Å². The number of pyridine rings is 1. The highest BCUT2D eigenvalue weighted by Gasteiger charge is 2.43. The largest absolute Gasteiger partial charge is 0.450 e. The number of alkyl halides is 3. The van der Waals surface area contributed by atoms with E-state index in [2.05, 4.69) is 4.98 Å². The van der Waals surface area contributed by atoms with E-state index in [-0.39, 0.29) is 6.42 Å². The Hall–Kier alpha value is -2.17. The zero-order chi connectivity index (χ0) is 15.5. The first kappa shape index (κ1) is 15.2. The second-order valence-electron chi connectivity index (χ2n) is 4.88. The summed E-state index contributed by atoms with van der Waals surface area (Å²) in [5.74, 6) is -2.95. The Kier molecular flexibility index (Phi) is 4.40. The van der Waals surface area contributed by atoms with Gasteiger partial charge in [-0.3, -0.25) is 9.78 Å². The monoisotopic (exact) mass is 293 g/mol. The van der Waals surface area contributed by atoms with Crippen LogP contribution in [0.2, 0.25) is 0 Å². The molecular weight excluding hydrogens is 279 g/mol. The van der Waals surface area contributed by atoms with Gasteiger partial charge < -0.3 is 0 Å². The van der Waals surface area contributed by atoms with E-state index < -0.39 is 17.9 Å². The van der Waals surface area contributed by atoms with Crippen LogP contribution in [-0.4, -0.2) is 16.9 Å². The Balaban J connectivity index is 2.35. The lowest BCUT2D eigenvalue weighted by Gasteiger charge is -2.18. The molecule has 0 radical (unpaired) electrons. The fourth-order valence-corrected chi connectivity index (χ4v) is 2.11. The maximum absolute atomic E-state index is 12.8. The number of hydrogen-bond acceptors (Lipinski definition) is 2. The minimum absolute atomic E-state index is 0.00389. The third kappa shape index (κ3) is 3.90. The van der Waals surface area contributed by atoms with Crippen molar-refractivity contribution in [2.45, 2.75) is 25.4 Å². The van der Waals surface area contributed by atoms with Crippen molar-refractivity contribution in [2.24, 2.45) is 0 Å². The smallest absolute Gasteiger partial charge is 0.289 e. The van der Waals surface area contributed by atoms with Crippen LogP contribution in [0.15, 0.2) is 48.8 Å². The number of carbonyl (C=O) groups is 1. The van der Waals surface area contributed by atoms with E-state index in [1.807, 2.05) is 6.92 Å². The normalized spacial score (nSPS) is 13.0. The summed E-state index contributed by atoms with van der Waals surface area (Å²) in [6.45, 7) is 1.84. The number of Topliss-reactive ketones (excluding diaryl/α,β-unsaturated/α-hetero) is 1. The number of benzene rings is 1. The molecule has 0 aliphatic carbocycles. The zero-order valence-corrected chi connectivity index (χ0v) is 11.4. The molecule has 0 fully saturated rings. The van der Waals surface area contributed by atoms with Crippen LogP contribution in [0.3, 0.4) is 0 Å². The molecule has 0 aliphatic heterocycles. The summed E-state index contributed by atoms with van der Waals surface area (Å²) < 4.78 is 38.4. The van der Waals surface area contributed by atoms with Crippen molar-refractivity contribution in [1.29, 1.82) is 0 Å². The number of aromatic nitrogens is 1. The van der Waals surface area contributed by atoms with Crippen molar-refractivity contribution in [1.82, 2.24) is 4.98 Å². The van der Waals surface area contributed by atoms with Gasteiger partial charge in [-0.05, 0) is 36.6 Å². The molecule has 2 rings (SSSR count). The highest BCUT2D eigenvalue weighted by atomic mass is 19.4. The Morgan fingerprint density at radius 2 is 1.67 bits per heavy atom. The van der Waals surface area contributed by atoms with Crippen LogP contribution in [0, 0.1) is 6.92 Å². The number of hydrogen-bond donors (Lipinski definition) is 0. The lowest BCUT2D eigenvalue weighted by molar-refractivity contribution is -0.172. The molecule has 0 aliphatic rings. The van der Waals surface area contributed by atoms with Crippen molar-refractivity contribution in [3.05, 3.63) is 65.5 Å². The highest BCUT2D eigenvalue weighted by Crippen LogP contribution is 2.30. The molecule has 0 saturated heterocycles. The molecule has 1 aromatic heterocycles. The van der Waals surface area contributed by atoms with Crippen LogP contribution in [0.25, 0.3) is 0 Å². The molecule has 1 aromatic carbocycles. The molecule has 0 spiro atoms. The maximum atomic E-state index is 12.8. The Morgan fingerprint density at radius 3 is 2.19 bits per heavy atom. The predicted octanol–water partition coefficient (Wildman–Crippen LogP) is 3.85. The second-order valence-corrected chi connectivity index (χ2v) is 4.88. The average Bonchev–Trinajstić information content (AvgIpc) is 2.45. The van der Waals surface area contributed by atoms with Crippen molar-refractivity contribution >= 4 is 5.78 Å². The van der Waals surface area contributed by atoms with E-state index >= 15 is 0 Å². The van der Waals surface area contributed by atoms with Crippen LogP contribution in [0.1, 0.15) is 22.6 Å². The van der Waals surface area contributed by atoms with Gasteiger partial charge in [-0.15, -0.1) is 0 Å². The van der Waals surface area contributed by atoms with Gasteiger partial charge in [0.1, 0.15) is 0 Å². The van der Waals surface area contributed by atoms with Gasteiger partial charge in [0.15, 0.2) is 0 Å². The van der Waals surface area contributed by atoms with Crippen LogP contribution >= 0.6 is 0 Å². The summed E-state index contributed by atoms with van der Waals surface area (Å²) in [5, 5.41) is 0. The number of nitrogens with zero attached hydrogens (tertiary/aromatic N) is 1. The first-order valence-electron chi connectivity index (χ1n) is 6.44. The molecule has 21 heavy (non-hydrogen) atoms. The standard InChI is InChI=1S/C16H14F3NO/c1-11-2-4-13(5-3-11)14(15(21)16(17,18)19)10-12-6-8-20-9-7-12/h2-9,14H,10H2,1H3. The molecule has 0 amide bonds. The van der Waals surface area contributed by atoms with Gasteiger partial charge in [0, 0.05) is 12.4 Å². The predicted molar refractivity (Wildman–Crippen MR) is 72.9 cm³/mol. The number of ketones is 1. The highest BCUT2D eigenvalue weighted by molar-refractivity contribution is 5.90. The number of halogens is 3. The fourth-order valence-electron chi connectivity index (χ4n) is 2.11. The third-order valence-electron chi connectivity index (χ3n) is 3.26. The minimum atomic E-state index is -4.84. The minimum Gasteiger partial charge on any atom is -0.289 e. The lowest BCUT2D eigenvalue weighted by atomic mass is 9.88. The maximum Gasteiger partial charge on any atom is 0.450 e. The van der Waals surface area contributed by atoms with Crippen LogP contribution < -0.4 is 0 Å². The first-order valence-corrected chi connectivity index (χ1v) is 6.44. The number of aryl methyl sites for hydroxylation is 1. The fraction of sp³-hybridized carbons (Fsp3) is 0.250. The van der Waals surface area contributed by atoms with E-state index in [1.165, 1.54) is 12.4 Å². The van der Waals surface area contributed by atoms with E-state index in [9.17, 15) is 18.0 Å². The van der Waals surface area contributed by atoms with Gasteiger partial charge in [0.2, 0.25) is 5.78 Å². The van der Waals surface area contributed by atoms with Crippen LogP contribution in [0.5, 0.6) is 0 Å². The Bertz CT molecular complexity index is 606. The van der Waals surface area contributed by atoms with E-state index in [4.69, 9.17) is 0 Å². The van der Waals surface area contributed by atoms with Gasteiger partial charge in [-0.2, -0.15) is 13.2 Å². The second kappa shape index (κ2) is 6.08. The van der Waals surface area contributed by atoms with E-state index in [0.29, 0.717) is 11.1 Å². The van der Waals surface area contributed by atoms with Crippen molar-refractivity contribution in [2.75, 3.05) is 0 Å². The summed E-state index contributed by atoms with van der Waals surface area (Å²) in [6, 6.07) is 9.79. The quantitative estimate of drug-likeness (QED) is 0.857. The van der Waals surface area contributed by atoms with E-state index in [1.54, 1.807) is 36.4 Å². The average molecular weight is 293 g/mol. The van der Waals surface area contributed by atoms with Crippen LogP contribution in [0.4, 0.5) is 13.2 Å². The number of carbonyl (C=O) groups excluding carboxylic acids is 1. The van der Waals surface area contributed by atoms with Gasteiger partial charge in [0.05, 0.1) is 5.92 Å². The van der Waals surface area contributed by atoms with E-state index in [0.717, 1.165) is 5.56 Å². The Morgan fingerprint density at radius 1 is 1.10 bits per heavy atom. The molecule has 5 heteroatoms. The number of rotatable bonds is 4. The molecule has 1 heterocycles. The molecule has 1 unspecified atom stereocenters. The van der Waals surface area contributed by atoms with Gasteiger partial charge in [0.25, 0.3) is 0 Å². The molecule has 2 nitrogen and oxygen atoms in total. The van der Waals surface area contributed by atoms with Crippen LogP contribution in [-0.2, 0) is 11.2 Å². The zero-order valence-electron chi connectivity index (χ0n) is 11.4. The first-order chi connectivity index (χ1) is 9.88. The molecule has 2 aromatic rings. The summed E-state index contributed by atoms with van der Waals surface area (Å²) in [4.78, 5) is 15.5. The SMILES string of the molecule is Cc1ccc(C(Cc2ccncc2)C(=O)C(F)(F)F)cc1.